The Bertz CT molecular complexity index is 741. The number of aromatic hydroxyl groups is 1. The minimum atomic E-state index is -1.03. The predicted molar refractivity (Wildman–Crippen MR) is 79.4 cm³/mol. The highest BCUT2D eigenvalue weighted by Gasteiger charge is 2.08. The van der Waals surface area contributed by atoms with Crippen molar-refractivity contribution in [3.63, 3.8) is 0 Å². The van der Waals surface area contributed by atoms with Crippen LogP contribution in [0.1, 0.15) is 15.9 Å². The molecule has 0 saturated carbocycles. The standard InChI is InChI=1S/C14H11N3O5/c18-13-6-5-12(17(21)22)7-10(13)8-15-16-11-3-1-9(2-4-11)14(19)20/h1-8,16,18H,(H,19,20)/b15-8+. The number of benzene rings is 2. The zero-order valence-electron chi connectivity index (χ0n) is 11.1. The van der Waals surface area contributed by atoms with Gasteiger partial charge in [0.25, 0.3) is 5.69 Å². The molecule has 112 valence electrons. The largest absolute Gasteiger partial charge is 0.507 e. The van der Waals surface area contributed by atoms with E-state index in [0.29, 0.717) is 5.69 Å². The molecule has 0 amide bonds. The second kappa shape index (κ2) is 6.35. The van der Waals surface area contributed by atoms with Crippen LogP contribution < -0.4 is 5.43 Å². The number of nitro benzene ring substituents is 1. The molecule has 0 bridgehead atoms. The van der Waals surface area contributed by atoms with Gasteiger partial charge >= 0.3 is 5.97 Å². The Balaban J connectivity index is 2.10. The number of non-ortho nitro benzene ring substituents is 1. The minimum absolute atomic E-state index is 0.141. The normalized spacial score (nSPS) is 10.5. The van der Waals surface area contributed by atoms with Gasteiger partial charge in [0.05, 0.1) is 22.4 Å². The molecular formula is C14H11N3O5. The zero-order valence-corrected chi connectivity index (χ0v) is 11.1. The van der Waals surface area contributed by atoms with Crippen molar-refractivity contribution >= 4 is 23.6 Å². The number of hydrogen-bond donors (Lipinski definition) is 3. The summed E-state index contributed by atoms with van der Waals surface area (Å²) in [5, 5.41) is 32.9. The Hall–Kier alpha value is -3.42. The molecule has 3 N–H and O–H groups in total. The molecule has 0 unspecified atom stereocenters. The van der Waals surface area contributed by atoms with Crippen molar-refractivity contribution in [2.24, 2.45) is 5.10 Å². The van der Waals surface area contributed by atoms with Crippen LogP contribution in [0.3, 0.4) is 0 Å². The topological polar surface area (TPSA) is 125 Å². The van der Waals surface area contributed by atoms with E-state index in [-0.39, 0.29) is 22.6 Å². The van der Waals surface area contributed by atoms with Gasteiger partial charge in [0, 0.05) is 17.7 Å². The van der Waals surface area contributed by atoms with Crippen LogP contribution in [0.4, 0.5) is 11.4 Å². The van der Waals surface area contributed by atoms with E-state index in [4.69, 9.17) is 5.11 Å². The molecule has 0 fully saturated rings. The Morgan fingerprint density at radius 3 is 2.50 bits per heavy atom. The fourth-order valence-corrected chi connectivity index (χ4v) is 1.62. The summed E-state index contributed by atoms with van der Waals surface area (Å²) in [5.41, 5.74) is 3.33. The van der Waals surface area contributed by atoms with Crippen LogP contribution in [0.25, 0.3) is 0 Å². The summed E-state index contributed by atoms with van der Waals surface area (Å²) in [4.78, 5) is 20.8. The van der Waals surface area contributed by atoms with Crippen molar-refractivity contribution in [2.75, 3.05) is 5.43 Å². The Kier molecular flexibility index (Phi) is 4.33. The van der Waals surface area contributed by atoms with Gasteiger partial charge in [0.2, 0.25) is 0 Å². The second-order valence-electron chi connectivity index (χ2n) is 4.25. The number of aromatic carboxylic acids is 1. The number of hydrogen-bond acceptors (Lipinski definition) is 6. The van der Waals surface area contributed by atoms with Crippen LogP contribution in [0.15, 0.2) is 47.6 Å². The van der Waals surface area contributed by atoms with Crippen molar-refractivity contribution in [1.82, 2.24) is 0 Å². The van der Waals surface area contributed by atoms with Gasteiger partial charge in [-0.25, -0.2) is 4.79 Å². The van der Waals surface area contributed by atoms with Gasteiger partial charge in [0.1, 0.15) is 5.75 Å². The number of hydrazone groups is 1. The fourth-order valence-electron chi connectivity index (χ4n) is 1.62. The van der Waals surface area contributed by atoms with E-state index >= 15 is 0 Å². The van der Waals surface area contributed by atoms with Crippen LogP contribution in [0.2, 0.25) is 0 Å². The van der Waals surface area contributed by atoms with Crippen molar-refractivity contribution in [3.05, 3.63) is 63.7 Å². The summed E-state index contributed by atoms with van der Waals surface area (Å²) >= 11 is 0. The molecular weight excluding hydrogens is 290 g/mol. The summed E-state index contributed by atoms with van der Waals surface area (Å²) in [6.07, 6.45) is 1.23. The zero-order chi connectivity index (χ0) is 16.1. The third-order valence-corrected chi connectivity index (χ3v) is 2.75. The van der Waals surface area contributed by atoms with E-state index in [1.165, 1.54) is 48.7 Å². The molecule has 0 aliphatic heterocycles. The van der Waals surface area contributed by atoms with E-state index in [0.717, 1.165) is 0 Å². The van der Waals surface area contributed by atoms with Crippen molar-refractivity contribution < 1.29 is 19.9 Å². The molecule has 0 aromatic heterocycles. The average Bonchev–Trinajstić information content (AvgIpc) is 2.49. The number of nitro groups is 1. The number of carboxylic acid groups (broad SMARTS) is 1. The van der Waals surface area contributed by atoms with Gasteiger partial charge in [-0.2, -0.15) is 5.10 Å². The third-order valence-electron chi connectivity index (χ3n) is 2.75. The molecule has 8 heteroatoms. The molecule has 0 spiro atoms. The molecule has 8 nitrogen and oxygen atoms in total. The van der Waals surface area contributed by atoms with Crippen molar-refractivity contribution in [1.29, 1.82) is 0 Å². The number of nitrogens with one attached hydrogen (secondary N) is 1. The molecule has 2 aromatic carbocycles. The molecule has 0 aliphatic carbocycles. The van der Waals surface area contributed by atoms with Gasteiger partial charge < -0.3 is 10.2 Å². The number of phenolic OH excluding ortho intramolecular Hbond substituents is 1. The molecule has 0 heterocycles. The first-order valence-electron chi connectivity index (χ1n) is 6.07. The van der Waals surface area contributed by atoms with Crippen LogP contribution in [-0.2, 0) is 0 Å². The lowest BCUT2D eigenvalue weighted by molar-refractivity contribution is -0.384. The quantitative estimate of drug-likeness (QED) is 0.442. The monoisotopic (exact) mass is 301 g/mol. The Morgan fingerprint density at radius 1 is 1.23 bits per heavy atom. The summed E-state index contributed by atoms with van der Waals surface area (Å²) in [7, 11) is 0. The van der Waals surface area contributed by atoms with E-state index in [2.05, 4.69) is 10.5 Å². The van der Waals surface area contributed by atoms with E-state index in [1.54, 1.807) is 0 Å². The lowest BCUT2D eigenvalue weighted by Gasteiger charge is -2.01. The molecule has 0 atom stereocenters. The number of rotatable bonds is 5. The van der Waals surface area contributed by atoms with Gasteiger partial charge in [-0.1, -0.05) is 0 Å². The lowest BCUT2D eigenvalue weighted by Crippen LogP contribution is -1.97. The summed E-state index contributed by atoms with van der Waals surface area (Å²) < 4.78 is 0. The summed E-state index contributed by atoms with van der Waals surface area (Å²) in [5.74, 6) is -1.17. The maximum Gasteiger partial charge on any atom is 0.335 e. The second-order valence-corrected chi connectivity index (χ2v) is 4.25. The fraction of sp³-hybridized carbons (Fsp3) is 0. The van der Waals surface area contributed by atoms with Crippen LogP contribution in [0.5, 0.6) is 5.75 Å². The van der Waals surface area contributed by atoms with Crippen LogP contribution in [0, 0.1) is 10.1 Å². The van der Waals surface area contributed by atoms with Gasteiger partial charge in [-0.05, 0) is 30.3 Å². The van der Waals surface area contributed by atoms with Gasteiger partial charge in [-0.15, -0.1) is 0 Å². The molecule has 0 saturated heterocycles. The summed E-state index contributed by atoms with van der Waals surface area (Å²) in [6.45, 7) is 0. The first-order valence-corrected chi connectivity index (χ1v) is 6.07. The van der Waals surface area contributed by atoms with Crippen LogP contribution in [-0.4, -0.2) is 27.3 Å². The van der Waals surface area contributed by atoms with E-state index < -0.39 is 10.9 Å². The Morgan fingerprint density at radius 2 is 1.91 bits per heavy atom. The number of nitrogens with zero attached hydrogens (tertiary/aromatic N) is 2. The third kappa shape index (κ3) is 3.57. The maximum absolute atomic E-state index is 10.7. The molecule has 2 rings (SSSR count). The number of anilines is 1. The van der Waals surface area contributed by atoms with Gasteiger partial charge in [0.15, 0.2) is 0 Å². The number of carboxylic acids is 1. The highest BCUT2D eigenvalue weighted by molar-refractivity contribution is 5.88. The van der Waals surface area contributed by atoms with E-state index in [9.17, 15) is 20.0 Å². The number of phenols is 1. The van der Waals surface area contributed by atoms with Crippen LogP contribution >= 0.6 is 0 Å². The smallest absolute Gasteiger partial charge is 0.335 e. The Labute approximate surface area is 124 Å². The van der Waals surface area contributed by atoms with Crippen molar-refractivity contribution in [3.8, 4) is 5.75 Å². The van der Waals surface area contributed by atoms with Crippen molar-refractivity contribution in [2.45, 2.75) is 0 Å². The number of carbonyl (C=O) groups is 1. The first-order chi connectivity index (χ1) is 10.5. The molecule has 0 radical (unpaired) electrons. The van der Waals surface area contributed by atoms with Gasteiger partial charge in [-0.3, -0.25) is 15.5 Å². The molecule has 2 aromatic rings. The highest BCUT2D eigenvalue weighted by atomic mass is 16.6. The lowest BCUT2D eigenvalue weighted by atomic mass is 10.2. The molecule has 22 heavy (non-hydrogen) atoms. The first kappa shape index (κ1) is 15.0. The summed E-state index contributed by atoms with van der Waals surface area (Å²) in [6, 6.07) is 9.44. The average molecular weight is 301 g/mol. The molecule has 0 aliphatic rings. The van der Waals surface area contributed by atoms with E-state index in [1.807, 2.05) is 0 Å². The predicted octanol–water partition coefficient (Wildman–Crippen LogP) is 2.44. The minimum Gasteiger partial charge on any atom is -0.507 e. The highest BCUT2D eigenvalue weighted by Crippen LogP contribution is 2.21. The maximum atomic E-state index is 10.7. The SMILES string of the molecule is O=C(O)c1ccc(N/N=C/c2cc([N+](=O)[O-])ccc2O)cc1.